The smallest absolute Gasteiger partial charge is 0.417 e. The van der Waals surface area contributed by atoms with Gasteiger partial charge in [0.15, 0.2) is 5.58 Å². The second kappa shape index (κ2) is 5.05. The first-order valence-corrected chi connectivity index (χ1v) is 6.75. The van der Waals surface area contributed by atoms with E-state index in [9.17, 15) is 9.90 Å². The van der Waals surface area contributed by atoms with Gasteiger partial charge in [-0.2, -0.15) is 0 Å². The normalized spacial score (nSPS) is 10.8. The molecule has 20 heavy (non-hydrogen) atoms. The van der Waals surface area contributed by atoms with Crippen LogP contribution in [0.2, 0.25) is 0 Å². The number of phenols is 1. The Bertz CT molecular complexity index is 823. The maximum atomic E-state index is 11.1. The lowest BCUT2D eigenvalue weighted by Gasteiger charge is -2.07. The van der Waals surface area contributed by atoms with E-state index in [-0.39, 0.29) is 5.75 Å². The van der Waals surface area contributed by atoms with Crippen LogP contribution >= 0.6 is 15.9 Å². The fraction of sp³-hybridized carbons (Fsp3) is 0.0714. The summed E-state index contributed by atoms with van der Waals surface area (Å²) in [6.45, 7) is 0.604. The first-order chi connectivity index (χ1) is 9.61. The second-order valence-corrected chi connectivity index (χ2v) is 5.22. The highest BCUT2D eigenvalue weighted by Gasteiger charge is 2.03. The number of phenolic OH excluding ortho intramolecular Hbond substituents is 1. The molecule has 0 aliphatic carbocycles. The molecule has 0 saturated carbocycles. The van der Waals surface area contributed by atoms with E-state index in [0.29, 0.717) is 22.1 Å². The molecule has 0 saturated heterocycles. The molecule has 0 atom stereocenters. The fourth-order valence-corrected chi connectivity index (χ4v) is 2.35. The molecule has 0 unspecified atom stereocenters. The zero-order valence-corrected chi connectivity index (χ0v) is 11.9. The quantitative estimate of drug-likeness (QED) is 0.687. The minimum absolute atomic E-state index is 0.214. The Labute approximate surface area is 122 Å². The monoisotopic (exact) mass is 334 g/mol. The molecule has 1 heterocycles. The summed E-state index contributed by atoms with van der Waals surface area (Å²) in [5.41, 5.74) is 3.09. The molecule has 0 spiro atoms. The zero-order chi connectivity index (χ0) is 14.1. The third-order valence-corrected chi connectivity index (χ3v) is 3.56. The lowest BCUT2D eigenvalue weighted by molar-refractivity contribution is 0.471. The number of hydrogen-bond donors (Lipinski definition) is 3. The van der Waals surface area contributed by atoms with Crippen molar-refractivity contribution in [2.75, 3.05) is 5.32 Å². The molecular formula is C14H11BrN2O3. The van der Waals surface area contributed by atoms with E-state index in [0.717, 1.165) is 11.3 Å². The van der Waals surface area contributed by atoms with Crippen molar-refractivity contribution in [2.24, 2.45) is 0 Å². The SMILES string of the molecule is O=c1[nH]c2cc(NCc3ccc(O)c(Br)c3)ccc2o1. The average molecular weight is 335 g/mol. The van der Waals surface area contributed by atoms with E-state index in [1.54, 1.807) is 12.1 Å². The zero-order valence-electron chi connectivity index (χ0n) is 10.3. The van der Waals surface area contributed by atoms with Gasteiger partial charge >= 0.3 is 5.76 Å². The molecule has 2 aromatic carbocycles. The summed E-state index contributed by atoms with van der Waals surface area (Å²) in [6.07, 6.45) is 0. The third-order valence-electron chi connectivity index (χ3n) is 2.93. The topological polar surface area (TPSA) is 78.3 Å². The summed E-state index contributed by atoms with van der Waals surface area (Å²) >= 11 is 3.28. The van der Waals surface area contributed by atoms with Gasteiger partial charge in [0.1, 0.15) is 5.75 Å². The van der Waals surface area contributed by atoms with Crippen molar-refractivity contribution < 1.29 is 9.52 Å². The van der Waals surface area contributed by atoms with Crippen LogP contribution in [-0.4, -0.2) is 10.1 Å². The Hall–Kier alpha value is -2.21. The lowest BCUT2D eigenvalue weighted by Crippen LogP contribution is -1.99. The summed E-state index contributed by atoms with van der Waals surface area (Å²) in [5, 5.41) is 12.7. The van der Waals surface area contributed by atoms with Gasteiger partial charge in [-0.3, -0.25) is 4.98 Å². The summed E-state index contributed by atoms with van der Waals surface area (Å²) in [4.78, 5) is 13.7. The maximum Gasteiger partial charge on any atom is 0.417 e. The van der Waals surface area contributed by atoms with Crippen LogP contribution in [0.1, 0.15) is 5.56 Å². The van der Waals surface area contributed by atoms with Crippen molar-refractivity contribution in [3.63, 3.8) is 0 Å². The van der Waals surface area contributed by atoms with Gasteiger partial charge in [-0.15, -0.1) is 0 Å². The van der Waals surface area contributed by atoms with Crippen LogP contribution in [0.15, 0.2) is 50.1 Å². The van der Waals surface area contributed by atoms with Crippen LogP contribution in [0, 0.1) is 0 Å². The molecule has 5 nitrogen and oxygen atoms in total. The molecule has 0 bridgehead atoms. The van der Waals surface area contributed by atoms with E-state index >= 15 is 0 Å². The molecule has 1 aromatic heterocycles. The number of rotatable bonds is 3. The van der Waals surface area contributed by atoms with Gasteiger partial charge in [-0.05, 0) is 51.8 Å². The molecule has 3 aromatic rings. The van der Waals surface area contributed by atoms with Crippen molar-refractivity contribution >= 4 is 32.7 Å². The van der Waals surface area contributed by atoms with Crippen molar-refractivity contribution in [3.05, 3.63) is 57.0 Å². The van der Waals surface area contributed by atoms with Crippen LogP contribution in [0.3, 0.4) is 0 Å². The molecule has 3 rings (SSSR count). The predicted molar refractivity (Wildman–Crippen MR) is 80.0 cm³/mol. The van der Waals surface area contributed by atoms with Crippen LogP contribution in [0.25, 0.3) is 11.1 Å². The number of nitrogens with one attached hydrogen (secondary N) is 2. The molecule has 6 heteroatoms. The Morgan fingerprint density at radius 3 is 2.90 bits per heavy atom. The van der Waals surface area contributed by atoms with Crippen LogP contribution in [0.4, 0.5) is 5.69 Å². The summed E-state index contributed by atoms with van der Waals surface area (Å²) in [6, 6.07) is 10.7. The number of oxazole rings is 1. The van der Waals surface area contributed by atoms with Crippen LogP contribution in [-0.2, 0) is 6.54 Å². The number of anilines is 1. The first-order valence-electron chi connectivity index (χ1n) is 5.96. The molecule has 0 aliphatic rings. The molecule has 102 valence electrons. The average Bonchev–Trinajstić information content (AvgIpc) is 2.79. The number of aromatic amines is 1. The van der Waals surface area contributed by atoms with Crippen molar-refractivity contribution in [1.29, 1.82) is 0 Å². The van der Waals surface area contributed by atoms with Crippen molar-refractivity contribution in [2.45, 2.75) is 6.54 Å². The summed E-state index contributed by atoms with van der Waals surface area (Å²) in [7, 11) is 0. The fourth-order valence-electron chi connectivity index (χ4n) is 1.93. The van der Waals surface area contributed by atoms with Gasteiger partial charge in [0.05, 0.1) is 9.99 Å². The minimum atomic E-state index is -0.459. The van der Waals surface area contributed by atoms with Gasteiger partial charge in [-0.1, -0.05) is 6.07 Å². The number of benzene rings is 2. The van der Waals surface area contributed by atoms with Gasteiger partial charge in [0, 0.05) is 12.2 Å². The van der Waals surface area contributed by atoms with E-state index in [2.05, 4.69) is 26.2 Å². The van der Waals surface area contributed by atoms with E-state index in [1.165, 1.54) is 0 Å². The molecule has 0 aliphatic heterocycles. The van der Waals surface area contributed by atoms with E-state index in [1.807, 2.05) is 24.3 Å². The maximum absolute atomic E-state index is 11.1. The van der Waals surface area contributed by atoms with Gasteiger partial charge in [0.25, 0.3) is 0 Å². The van der Waals surface area contributed by atoms with Crippen molar-refractivity contribution in [1.82, 2.24) is 4.98 Å². The predicted octanol–water partition coefficient (Wildman–Crippen LogP) is 3.20. The number of aromatic nitrogens is 1. The largest absolute Gasteiger partial charge is 0.507 e. The highest BCUT2D eigenvalue weighted by molar-refractivity contribution is 9.10. The van der Waals surface area contributed by atoms with Gasteiger partial charge in [-0.25, -0.2) is 4.79 Å². The Kier molecular flexibility index (Phi) is 3.23. The number of aromatic hydroxyl groups is 1. The number of hydrogen-bond acceptors (Lipinski definition) is 4. The van der Waals surface area contributed by atoms with Crippen LogP contribution < -0.4 is 11.1 Å². The first kappa shape index (κ1) is 12.8. The standard InChI is InChI=1S/C14H11BrN2O3/c15-10-5-8(1-3-12(10)18)7-16-9-2-4-13-11(6-9)17-14(19)20-13/h1-6,16,18H,7H2,(H,17,19). The highest BCUT2D eigenvalue weighted by Crippen LogP contribution is 2.25. The number of H-pyrrole nitrogens is 1. The third kappa shape index (κ3) is 2.55. The number of fused-ring (bicyclic) bond motifs is 1. The van der Waals surface area contributed by atoms with Crippen molar-refractivity contribution in [3.8, 4) is 5.75 Å². The summed E-state index contributed by atoms with van der Waals surface area (Å²) in [5.74, 6) is -0.245. The van der Waals surface area contributed by atoms with E-state index < -0.39 is 5.76 Å². The summed E-state index contributed by atoms with van der Waals surface area (Å²) < 4.78 is 5.60. The second-order valence-electron chi connectivity index (χ2n) is 4.36. The molecule has 0 radical (unpaired) electrons. The van der Waals surface area contributed by atoms with Gasteiger partial charge in [0.2, 0.25) is 0 Å². The Morgan fingerprint density at radius 1 is 1.25 bits per heavy atom. The minimum Gasteiger partial charge on any atom is -0.507 e. The Balaban J connectivity index is 1.78. The molecule has 3 N–H and O–H groups in total. The molecular weight excluding hydrogens is 324 g/mol. The molecule has 0 amide bonds. The van der Waals surface area contributed by atoms with Gasteiger partial charge < -0.3 is 14.8 Å². The Morgan fingerprint density at radius 2 is 2.10 bits per heavy atom. The number of halogens is 1. The van der Waals surface area contributed by atoms with E-state index in [4.69, 9.17) is 4.42 Å². The van der Waals surface area contributed by atoms with Crippen LogP contribution in [0.5, 0.6) is 5.75 Å². The molecule has 0 fully saturated rings. The highest BCUT2D eigenvalue weighted by atomic mass is 79.9. The lowest BCUT2D eigenvalue weighted by atomic mass is 10.2.